The number of aliphatic hydroxyl groups is 2. The van der Waals surface area contributed by atoms with Crippen LogP contribution in [0.1, 0.15) is 117 Å². The Kier molecular flexibility index (Phi) is 26.9. The lowest BCUT2D eigenvalue weighted by Gasteiger charge is -2.38. The molecule has 0 aromatic heterocycles. The number of nitrogens with zero attached hydrogens (tertiary/aromatic N) is 1. The van der Waals surface area contributed by atoms with Gasteiger partial charge >= 0.3 is 0 Å². The van der Waals surface area contributed by atoms with E-state index in [1.54, 1.807) is 0 Å². The van der Waals surface area contributed by atoms with Gasteiger partial charge in [-0.2, -0.15) is 0 Å². The van der Waals surface area contributed by atoms with E-state index in [0.717, 1.165) is 30.7 Å². The van der Waals surface area contributed by atoms with Gasteiger partial charge in [-0.05, 0) is 44.9 Å². The first-order valence-electron chi connectivity index (χ1n) is 13.0. The van der Waals surface area contributed by atoms with Crippen molar-refractivity contribution in [3.63, 3.8) is 0 Å². The van der Waals surface area contributed by atoms with Crippen LogP contribution in [0.5, 0.6) is 0 Å². The highest BCUT2D eigenvalue weighted by molar-refractivity contribution is 4.81. The van der Waals surface area contributed by atoms with Gasteiger partial charge in [-0.25, -0.2) is 0 Å². The van der Waals surface area contributed by atoms with Gasteiger partial charge in [-0.3, -0.25) is 0 Å². The van der Waals surface area contributed by atoms with Crippen molar-refractivity contribution in [2.24, 2.45) is 0 Å². The summed E-state index contributed by atoms with van der Waals surface area (Å²) in [6.45, 7) is 8.77. The maximum absolute atomic E-state index is 9.46. The molecule has 0 aromatic rings. The molecule has 0 saturated carbocycles. The minimum Gasteiger partial charge on any atom is -1.00 e. The van der Waals surface area contributed by atoms with Crippen molar-refractivity contribution in [1.29, 1.82) is 0 Å². The predicted octanol–water partition coefficient (Wildman–Crippen LogP) is 3.63. The summed E-state index contributed by atoms with van der Waals surface area (Å²) in [7, 11) is 0. The molecule has 0 unspecified atom stereocenters. The van der Waals surface area contributed by atoms with E-state index in [0.29, 0.717) is 0 Å². The van der Waals surface area contributed by atoms with E-state index in [1.807, 2.05) is 0 Å². The molecule has 3 nitrogen and oxygen atoms in total. The summed E-state index contributed by atoms with van der Waals surface area (Å²) in [5.41, 5.74) is 0. The summed E-state index contributed by atoms with van der Waals surface area (Å²) in [5.74, 6) is 0. The van der Waals surface area contributed by atoms with E-state index in [1.165, 1.54) is 103 Å². The van der Waals surface area contributed by atoms with Crippen LogP contribution < -0.4 is 12.4 Å². The quantitative estimate of drug-likeness (QED) is 0.143. The summed E-state index contributed by atoms with van der Waals surface area (Å²) in [5, 5.41) is 18.9. The number of halogens is 1. The molecular formula is C26H54ClNO2. The highest BCUT2D eigenvalue weighted by atomic mass is 35.5. The molecule has 0 aliphatic carbocycles. The van der Waals surface area contributed by atoms with E-state index in [2.05, 4.69) is 26.0 Å². The minimum atomic E-state index is 0. The second kappa shape index (κ2) is 25.2. The van der Waals surface area contributed by atoms with Gasteiger partial charge in [-0.1, -0.05) is 83.8 Å². The third-order valence-electron chi connectivity index (χ3n) is 6.28. The summed E-state index contributed by atoms with van der Waals surface area (Å²) in [4.78, 5) is 0. The van der Waals surface area contributed by atoms with Crippen LogP contribution in [-0.4, -0.2) is 54.1 Å². The van der Waals surface area contributed by atoms with Crippen LogP contribution in [0, 0.1) is 0 Å². The van der Waals surface area contributed by atoms with E-state index < -0.39 is 0 Å². The Bertz CT molecular complexity index is 344. The van der Waals surface area contributed by atoms with Crippen LogP contribution in [0.15, 0.2) is 12.2 Å². The SMILES string of the molecule is CCCCCCCC/C=C\CCCCCCCC[N+](CCO)(CCO)CCCC.[Cl-]. The maximum Gasteiger partial charge on any atom is 0.102 e. The molecule has 0 aliphatic heterocycles. The third-order valence-corrected chi connectivity index (χ3v) is 6.28. The standard InChI is InChI=1S/C26H54NO2.ClH/c1-3-5-7-8-9-10-11-12-13-14-15-16-17-18-19-20-22-27(23-25-28,24-26-29)21-6-4-2;/h12-13,28-29H,3-11,14-26H2,1-2H3;1H/q+1;/p-1/b13-12-;. The highest BCUT2D eigenvalue weighted by Gasteiger charge is 2.25. The average Bonchev–Trinajstić information content (AvgIpc) is 2.72. The van der Waals surface area contributed by atoms with E-state index >= 15 is 0 Å². The number of allylic oxidation sites excluding steroid dienone is 2. The van der Waals surface area contributed by atoms with Crippen molar-refractivity contribution in [3.8, 4) is 0 Å². The topological polar surface area (TPSA) is 40.5 Å². The molecule has 30 heavy (non-hydrogen) atoms. The smallest absolute Gasteiger partial charge is 0.102 e. The van der Waals surface area contributed by atoms with Gasteiger partial charge in [0.15, 0.2) is 0 Å². The number of hydrogen-bond acceptors (Lipinski definition) is 2. The molecular weight excluding hydrogens is 394 g/mol. The van der Waals surface area contributed by atoms with Gasteiger partial charge < -0.3 is 27.1 Å². The molecule has 0 amide bonds. The fourth-order valence-electron chi connectivity index (χ4n) is 4.28. The summed E-state index contributed by atoms with van der Waals surface area (Å²) >= 11 is 0. The molecule has 0 heterocycles. The van der Waals surface area contributed by atoms with Crippen LogP contribution in [0.4, 0.5) is 0 Å². The molecule has 4 heteroatoms. The van der Waals surface area contributed by atoms with Gasteiger partial charge in [0.05, 0.1) is 26.3 Å². The molecule has 0 radical (unpaired) electrons. The fourth-order valence-corrected chi connectivity index (χ4v) is 4.28. The van der Waals surface area contributed by atoms with Crippen molar-refractivity contribution < 1.29 is 27.1 Å². The first-order valence-corrected chi connectivity index (χ1v) is 13.0. The molecule has 0 rings (SSSR count). The Hall–Kier alpha value is -0.0900. The molecule has 0 aliphatic rings. The lowest BCUT2D eigenvalue weighted by atomic mass is 10.1. The number of rotatable bonds is 23. The van der Waals surface area contributed by atoms with Crippen molar-refractivity contribution in [2.75, 3.05) is 39.4 Å². The summed E-state index contributed by atoms with van der Waals surface area (Å²) in [6.07, 6.45) is 25.9. The van der Waals surface area contributed by atoms with Crippen molar-refractivity contribution >= 4 is 0 Å². The van der Waals surface area contributed by atoms with Crippen molar-refractivity contribution in [2.45, 2.75) is 117 Å². The van der Waals surface area contributed by atoms with Crippen LogP contribution in [0.3, 0.4) is 0 Å². The van der Waals surface area contributed by atoms with Crippen LogP contribution in [0.2, 0.25) is 0 Å². The van der Waals surface area contributed by atoms with E-state index in [4.69, 9.17) is 0 Å². The Morgan fingerprint density at radius 3 is 1.37 bits per heavy atom. The Morgan fingerprint density at radius 2 is 0.900 bits per heavy atom. The van der Waals surface area contributed by atoms with Gasteiger partial charge in [0.25, 0.3) is 0 Å². The first kappa shape index (κ1) is 32.1. The predicted molar refractivity (Wildman–Crippen MR) is 128 cm³/mol. The van der Waals surface area contributed by atoms with E-state index in [9.17, 15) is 10.2 Å². The Labute approximate surface area is 195 Å². The van der Waals surface area contributed by atoms with E-state index in [-0.39, 0.29) is 25.6 Å². The molecule has 0 aromatic carbocycles. The second-order valence-electron chi connectivity index (χ2n) is 8.97. The molecule has 2 N–H and O–H groups in total. The minimum absolute atomic E-state index is 0. The van der Waals surface area contributed by atoms with Crippen LogP contribution >= 0.6 is 0 Å². The third kappa shape index (κ3) is 19.8. The lowest BCUT2D eigenvalue weighted by molar-refractivity contribution is -0.929. The van der Waals surface area contributed by atoms with Gasteiger partial charge in [0.2, 0.25) is 0 Å². The largest absolute Gasteiger partial charge is 1.00 e. The monoisotopic (exact) mass is 447 g/mol. The number of quaternary nitrogens is 1. The Morgan fingerprint density at radius 1 is 0.500 bits per heavy atom. The zero-order valence-corrected chi connectivity index (χ0v) is 21.2. The average molecular weight is 448 g/mol. The molecule has 0 bridgehead atoms. The van der Waals surface area contributed by atoms with Crippen LogP contribution in [0.25, 0.3) is 0 Å². The lowest BCUT2D eigenvalue weighted by Crippen LogP contribution is -3.00. The molecule has 0 fully saturated rings. The van der Waals surface area contributed by atoms with Gasteiger partial charge in [-0.15, -0.1) is 0 Å². The highest BCUT2D eigenvalue weighted by Crippen LogP contribution is 2.14. The normalized spacial score (nSPS) is 11.9. The number of aliphatic hydroxyl groups excluding tert-OH is 2. The number of unbranched alkanes of at least 4 members (excludes halogenated alkanes) is 13. The molecule has 182 valence electrons. The van der Waals surface area contributed by atoms with Crippen LogP contribution in [-0.2, 0) is 0 Å². The van der Waals surface area contributed by atoms with Crippen molar-refractivity contribution in [3.05, 3.63) is 12.2 Å². The molecule has 0 atom stereocenters. The summed E-state index contributed by atoms with van der Waals surface area (Å²) < 4.78 is 0.907. The summed E-state index contributed by atoms with van der Waals surface area (Å²) in [6, 6.07) is 0. The number of hydrogen-bond donors (Lipinski definition) is 2. The fraction of sp³-hybridized carbons (Fsp3) is 0.923. The first-order chi connectivity index (χ1) is 14.2. The molecule has 0 spiro atoms. The zero-order valence-electron chi connectivity index (χ0n) is 20.4. The maximum atomic E-state index is 9.46. The van der Waals surface area contributed by atoms with Gasteiger partial charge in [0, 0.05) is 0 Å². The Balaban J connectivity index is 0. The second-order valence-corrected chi connectivity index (χ2v) is 8.97. The molecule has 0 saturated heterocycles. The van der Waals surface area contributed by atoms with Gasteiger partial charge in [0.1, 0.15) is 13.1 Å². The zero-order chi connectivity index (χ0) is 21.5. The van der Waals surface area contributed by atoms with Crippen molar-refractivity contribution in [1.82, 2.24) is 0 Å².